The molecule has 0 rings (SSSR count). The molecular formula is C15H31NO3. The minimum absolute atomic E-state index is 0.280. The highest BCUT2D eigenvalue weighted by atomic mass is 16.5. The number of rotatable bonds is 12. The van der Waals surface area contributed by atoms with Crippen LogP contribution in [0.2, 0.25) is 0 Å². The quantitative estimate of drug-likeness (QED) is 0.536. The number of ether oxygens (including phenoxy) is 1. The molecule has 2 atom stereocenters. The first kappa shape index (κ1) is 18.4. The Morgan fingerprint density at radius 3 is 2.53 bits per heavy atom. The molecule has 114 valence electrons. The van der Waals surface area contributed by atoms with Crippen LogP contribution in [0.15, 0.2) is 0 Å². The van der Waals surface area contributed by atoms with E-state index in [1.165, 1.54) is 25.7 Å². The maximum absolute atomic E-state index is 11.1. The van der Waals surface area contributed by atoms with Crippen molar-refractivity contribution in [1.82, 2.24) is 5.32 Å². The molecule has 0 radical (unpaired) electrons. The third-order valence-corrected chi connectivity index (χ3v) is 3.71. The third-order valence-electron chi connectivity index (χ3n) is 3.71. The van der Waals surface area contributed by atoms with Gasteiger partial charge in [0.25, 0.3) is 0 Å². The first-order valence-corrected chi connectivity index (χ1v) is 7.50. The molecule has 0 fully saturated rings. The van der Waals surface area contributed by atoms with Gasteiger partial charge in [0.05, 0.1) is 6.10 Å². The Morgan fingerprint density at radius 2 is 2.00 bits per heavy atom. The fraction of sp³-hybridized carbons (Fsp3) is 0.933. The van der Waals surface area contributed by atoms with Crippen LogP contribution in [-0.2, 0) is 9.53 Å². The van der Waals surface area contributed by atoms with Crippen molar-refractivity contribution in [1.29, 1.82) is 0 Å². The van der Waals surface area contributed by atoms with E-state index in [9.17, 15) is 4.79 Å². The predicted octanol–water partition coefficient (Wildman–Crippen LogP) is 3.20. The van der Waals surface area contributed by atoms with Crippen LogP contribution in [0.1, 0.15) is 65.7 Å². The van der Waals surface area contributed by atoms with E-state index < -0.39 is 11.5 Å². The summed E-state index contributed by atoms with van der Waals surface area (Å²) < 4.78 is 5.72. The van der Waals surface area contributed by atoms with Gasteiger partial charge < -0.3 is 15.2 Å². The van der Waals surface area contributed by atoms with E-state index in [-0.39, 0.29) is 6.10 Å². The molecule has 0 aliphatic rings. The first-order chi connectivity index (χ1) is 8.96. The number of nitrogens with one attached hydrogen (secondary N) is 1. The fourth-order valence-corrected chi connectivity index (χ4v) is 1.99. The number of unbranched alkanes of at least 4 members (excludes halogenated alkanes) is 3. The van der Waals surface area contributed by atoms with Gasteiger partial charge in [-0.25, -0.2) is 0 Å². The van der Waals surface area contributed by atoms with Crippen molar-refractivity contribution in [3.63, 3.8) is 0 Å². The van der Waals surface area contributed by atoms with Gasteiger partial charge in [-0.3, -0.25) is 4.79 Å². The Kier molecular flexibility index (Phi) is 9.88. The van der Waals surface area contributed by atoms with E-state index in [4.69, 9.17) is 9.84 Å². The van der Waals surface area contributed by atoms with Crippen LogP contribution < -0.4 is 5.32 Å². The second-order valence-corrected chi connectivity index (χ2v) is 5.52. The van der Waals surface area contributed by atoms with E-state index >= 15 is 0 Å². The molecule has 0 aromatic carbocycles. The lowest BCUT2D eigenvalue weighted by Crippen LogP contribution is -2.47. The molecule has 0 aromatic rings. The molecule has 0 aromatic heterocycles. The normalized spacial score (nSPS) is 16.0. The van der Waals surface area contributed by atoms with Crippen LogP contribution in [0.4, 0.5) is 0 Å². The van der Waals surface area contributed by atoms with Gasteiger partial charge in [0, 0.05) is 6.61 Å². The van der Waals surface area contributed by atoms with Crippen LogP contribution in [0.5, 0.6) is 0 Å². The fourth-order valence-electron chi connectivity index (χ4n) is 1.99. The zero-order valence-electron chi connectivity index (χ0n) is 13.0. The van der Waals surface area contributed by atoms with Crippen molar-refractivity contribution in [3.05, 3.63) is 0 Å². The number of carboxylic acid groups (broad SMARTS) is 1. The van der Waals surface area contributed by atoms with E-state index in [2.05, 4.69) is 19.2 Å². The SMILES string of the molecule is CCCCCCC(C)OCCCC(C)(NC)C(=O)O. The summed E-state index contributed by atoms with van der Waals surface area (Å²) in [6.45, 7) is 6.66. The summed E-state index contributed by atoms with van der Waals surface area (Å²) in [5, 5.41) is 12.0. The highest BCUT2D eigenvalue weighted by molar-refractivity contribution is 5.78. The number of carboxylic acids is 1. The molecule has 0 saturated heterocycles. The molecular weight excluding hydrogens is 242 g/mol. The van der Waals surface area contributed by atoms with Crippen molar-refractivity contribution in [2.45, 2.75) is 77.4 Å². The van der Waals surface area contributed by atoms with E-state index in [1.54, 1.807) is 14.0 Å². The summed E-state index contributed by atoms with van der Waals surface area (Å²) >= 11 is 0. The van der Waals surface area contributed by atoms with Crippen LogP contribution in [-0.4, -0.2) is 36.4 Å². The number of aliphatic carboxylic acids is 1. The van der Waals surface area contributed by atoms with E-state index in [1.807, 2.05) is 0 Å². The summed E-state index contributed by atoms with van der Waals surface area (Å²) in [5.74, 6) is -0.803. The zero-order chi connectivity index (χ0) is 14.7. The molecule has 2 N–H and O–H groups in total. The number of hydrogen-bond donors (Lipinski definition) is 2. The summed E-state index contributed by atoms with van der Waals surface area (Å²) in [5.41, 5.74) is -0.840. The van der Waals surface area contributed by atoms with Crippen LogP contribution in [0, 0.1) is 0 Å². The van der Waals surface area contributed by atoms with Gasteiger partial charge >= 0.3 is 5.97 Å². The predicted molar refractivity (Wildman–Crippen MR) is 78.5 cm³/mol. The van der Waals surface area contributed by atoms with E-state index in [0.29, 0.717) is 13.0 Å². The lowest BCUT2D eigenvalue weighted by atomic mass is 9.96. The lowest BCUT2D eigenvalue weighted by Gasteiger charge is -2.24. The number of carbonyl (C=O) groups is 1. The molecule has 0 aliphatic heterocycles. The number of hydrogen-bond acceptors (Lipinski definition) is 3. The zero-order valence-corrected chi connectivity index (χ0v) is 13.0. The minimum atomic E-state index is -0.840. The largest absolute Gasteiger partial charge is 0.480 e. The smallest absolute Gasteiger partial charge is 0.323 e. The number of likely N-dealkylation sites (N-methyl/N-ethyl adjacent to an activating group) is 1. The molecule has 0 aliphatic carbocycles. The first-order valence-electron chi connectivity index (χ1n) is 7.50. The Labute approximate surface area is 117 Å². The Balaban J connectivity index is 3.65. The second-order valence-electron chi connectivity index (χ2n) is 5.52. The van der Waals surface area contributed by atoms with Crippen molar-refractivity contribution in [2.75, 3.05) is 13.7 Å². The highest BCUT2D eigenvalue weighted by Crippen LogP contribution is 2.13. The topological polar surface area (TPSA) is 58.6 Å². The van der Waals surface area contributed by atoms with Gasteiger partial charge in [0.2, 0.25) is 0 Å². The summed E-state index contributed by atoms with van der Waals surface area (Å²) in [7, 11) is 1.69. The van der Waals surface area contributed by atoms with Crippen LogP contribution >= 0.6 is 0 Å². The second kappa shape index (κ2) is 10.2. The molecule has 0 heterocycles. The summed E-state index contributed by atoms with van der Waals surface area (Å²) in [6, 6.07) is 0. The molecule has 0 spiro atoms. The summed E-state index contributed by atoms with van der Waals surface area (Å²) in [4.78, 5) is 11.1. The maximum Gasteiger partial charge on any atom is 0.323 e. The van der Waals surface area contributed by atoms with Crippen LogP contribution in [0.3, 0.4) is 0 Å². The van der Waals surface area contributed by atoms with Crippen molar-refractivity contribution in [3.8, 4) is 0 Å². The highest BCUT2D eigenvalue weighted by Gasteiger charge is 2.30. The molecule has 19 heavy (non-hydrogen) atoms. The lowest BCUT2D eigenvalue weighted by molar-refractivity contribution is -0.144. The average molecular weight is 273 g/mol. The van der Waals surface area contributed by atoms with Gasteiger partial charge in [-0.2, -0.15) is 0 Å². The maximum atomic E-state index is 11.1. The Hall–Kier alpha value is -0.610. The van der Waals surface area contributed by atoms with Gasteiger partial charge in [0.15, 0.2) is 0 Å². The molecule has 0 bridgehead atoms. The molecule has 4 heteroatoms. The summed E-state index contributed by atoms with van der Waals surface area (Å²) in [6.07, 6.45) is 7.78. The van der Waals surface area contributed by atoms with Crippen LogP contribution in [0.25, 0.3) is 0 Å². The third kappa shape index (κ3) is 8.22. The van der Waals surface area contributed by atoms with Gasteiger partial charge in [-0.1, -0.05) is 32.6 Å². The molecule has 0 saturated carbocycles. The van der Waals surface area contributed by atoms with Crippen molar-refractivity contribution >= 4 is 5.97 Å². The average Bonchev–Trinajstić information content (AvgIpc) is 2.39. The van der Waals surface area contributed by atoms with Gasteiger partial charge in [-0.05, 0) is 40.2 Å². The molecule has 4 nitrogen and oxygen atoms in total. The minimum Gasteiger partial charge on any atom is -0.480 e. The Bertz CT molecular complexity index is 246. The van der Waals surface area contributed by atoms with Crippen molar-refractivity contribution in [2.24, 2.45) is 0 Å². The monoisotopic (exact) mass is 273 g/mol. The Morgan fingerprint density at radius 1 is 1.32 bits per heavy atom. The van der Waals surface area contributed by atoms with E-state index in [0.717, 1.165) is 12.8 Å². The molecule has 0 amide bonds. The van der Waals surface area contributed by atoms with Crippen molar-refractivity contribution < 1.29 is 14.6 Å². The standard InChI is InChI=1S/C15H31NO3/c1-5-6-7-8-10-13(2)19-12-9-11-15(3,16-4)14(17)18/h13,16H,5-12H2,1-4H3,(H,17,18). The van der Waals surface area contributed by atoms with Gasteiger partial charge in [-0.15, -0.1) is 0 Å². The molecule has 2 unspecified atom stereocenters. The van der Waals surface area contributed by atoms with Gasteiger partial charge in [0.1, 0.15) is 5.54 Å².